The zero-order valence-electron chi connectivity index (χ0n) is 13.4. The van der Waals surface area contributed by atoms with E-state index in [-0.39, 0.29) is 11.1 Å². The van der Waals surface area contributed by atoms with E-state index in [1.165, 1.54) is 37.4 Å². The summed E-state index contributed by atoms with van der Waals surface area (Å²) in [6, 6.07) is 7.01. The van der Waals surface area contributed by atoms with Crippen LogP contribution in [0.5, 0.6) is 0 Å². The first-order valence-corrected chi connectivity index (χ1v) is 8.87. The summed E-state index contributed by atoms with van der Waals surface area (Å²) in [5, 5.41) is 0.381. The smallest absolute Gasteiger partial charge is 0.313 e. The largest absolute Gasteiger partial charge is 0.408 e. The second-order valence-corrected chi connectivity index (χ2v) is 7.58. The maximum atomic E-state index is 13.6. The third-order valence-corrected chi connectivity index (χ3v) is 5.31. The Morgan fingerprint density at radius 3 is 2.56 bits per heavy atom. The van der Waals surface area contributed by atoms with Gasteiger partial charge in [-0.05, 0) is 55.6 Å². The van der Waals surface area contributed by atoms with Gasteiger partial charge in [0.1, 0.15) is 6.04 Å². The van der Waals surface area contributed by atoms with Crippen LogP contribution in [0.4, 0.5) is 13.2 Å². The molecule has 134 valence electrons. The quantitative estimate of drug-likeness (QED) is 0.710. The number of aromatic nitrogens is 1. The number of hydrogen-bond acceptors (Lipinski definition) is 3. The molecular formula is C17H16ClF3N2OS. The molecule has 0 radical (unpaired) electrons. The summed E-state index contributed by atoms with van der Waals surface area (Å²) in [6.07, 6.45) is -2.80. The number of alkyl halides is 3. The van der Waals surface area contributed by atoms with Crippen molar-refractivity contribution < 1.29 is 13.2 Å². The molecule has 25 heavy (non-hydrogen) atoms. The Bertz CT molecular complexity index is 820. The second-order valence-electron chi connectivity index (χ2n) is 5.91. The minimum Gasteiger partial charge on any atom is -0.313 e. The number of fused-ring (bicyclic) bond motifs is 1. The Balaban J connectivity index is 1.89. The van der Waals surface area contributed by atoms with E-state index in [0.717, 1.165) is 34.8 Å². The highest BCUT2D eigenvalue weighted by molar-refractivity contribution is 7.97. The summed E-state index contributed by atoms with van der Waals surface area (Å²) in [6.45, 7) is 0.672. The van der Waals surface area contributed by atoms with Crippen LogP contribution in [0.15, 0.2) is 46.1 Å². The van der Waals surface area contributed by atoms with Crippen LogP contribution in [0.2, 0.25) is 5.02 Å². The molecule has 1 aromatic heterocycles. The van der Waals surface area contributed by atoms with Crippen molar-refractivity contribution >= 4 is 23.5 Å². The molecule has 3 nitrogen and oxygen atoms in total. The topological polar surface area (TPSA) is 25.2 Å². The number of nitrogens with zero attached hydrogens (tertiary/aromatic N) is 2. The second kappa shape index (κ2) is 7.05. The summed E-state index contributed by atoms with van der Waals surface area (Å²) in [5.74, 6) is 0. The molecule has 1 aromatic carbocycles. The van der Waals surface area contributed by atoms with Gasteiger partial charge >= 0.3 is 6.18 Å². The van der Waals surface area contributed by atoms with Crippen molar-refractivity contribution in [2.45, 2.75) is 36.5 Å². The molecule has 0 aliphatic carbocycles. The van der Waals surface area contributed by atoms with Gasteiger partial charge in [0, 0.05) is 28.2 Å². The van der Waals surface area contributed by atoms with Crippen LogP contribution in [-0.4, -0.2) is 22.1 Å². The maximum Gasteiger partial charge on any atom is 0.408 e. The maximum absolute atomic E-state index is 13.6. The monoisotopic (exact) mass is 388 g/mol. The summed E-state index contributed by atoms with van der Waals surface area (Å²) in [4.78, 5) is 12.6. The van der Waals surface area contributed by atoms with Crippen LogP contribution in [0.1, 0.15) is 23.7 Å². The van der Waals surface area contributed by atoms with Gasteiger partial charge in [0.05, 0.1) is 0 Å². The zero-order valence-corrected chi connectivity index (χ0v) is 15.0. The molecular weight excluding hydrogens is 373 g/mol. The Morgan fingerprint density at radius 2 is 1.92 bits per heavy atom. The first-order chi connectivity index (χ1) is 11.8. The molecule has 0 saturated carbocycles. The number of rotatable bonds is 4. The van der Waals surface area contributed by atoms with Gasteiger partial charge in [-0.2, -0.15) is 13.2 Å². The summed E-state index contributed by atoms with van der Waals surface area (Å²) < 4.78 is 43.6. The lowest BCUT2D eigenvalue weighted by Gasteiger charge is -2.29. The van der Waals surface area contributed by atoms with Gasteiger partial charge in [0.2, 0.25) is 0 Å². The molecule has 0 fully saturated rings. The minimum atomic E-state index is -4.46. The van der Waals surface area contributed by atoms with E-state index in [2.05, 4.69) is 0 Å². The number of benzene rings is 1. The van der Waals surface area contributed by atoms with Gasteiger partial charge in [-0.15, -0.1) is 0 Å². The molecule has 3 rings (SSSR count). The number of pyridine rings is 1. The molecule has 0 bridgehead atoms. The number of aryl methyl sites for hydroxylation is 1. The predicted molar refractivity (Wildman–Crippen MR) is 92.9 cm³/mol. The molecule has 1 atom stereocenters. The van der Waals surface area contributed by atoms with Gasteiger partial charge in [-0.25, -0.2) is 4.31 Å². The van der Waals surface area contributed by atoms with Gasteiger partial charge in [0.15, 0.2) is 0 Å². The Morgan fingerprint density at radius 1 is 1.24 bits per heavy atom. The Labute approximate surface area is 152 Å². The molecule has 1 aliphatic rings. The van der Waals surface area contributed by atoms with Crippen LogP contribution in [0, 0.1) is 0 Å². The molecule has 0 spiro atoms. The fraction of sp³-hybridized carbons (Fsp3) is 0.353. The highest BCUT2D eigenvalue weighted by Crippen LogP contribution is 2.42. The highest BCUT2D eigenvalue weighted by atomic mass is 35.5. The van der Waals surface area contributed by atoms with Gasteiger partial charge in [-0.1, -0.05) is 23.7 Å². The third kappa shape index (κ3) is 4.04. The van der Waals surface area contributed by atoms with Crippen molar-refractivity contribution in [3.05, 3.63) is 63.0 Å². The van der Waals surface area contributed by atoms with Gasteiger partial charge in [-0.3, -0.25) is 4.79 Å². The van der Waals surface area contributed by atoms with Gasteiger partial charge in [0.25, 0.3) is 5.56 Å². The molecule has 1 unspecified atom stereocenters. The van der Waals surface area contributed by atoms with Crippen molar-refractivity contribution in [3.63, 3.8) is 0 Å². The van der Waals surface area contributed by atoms with Crippen molar-refractivity contribution in [3.8, 4) is 0 Å². The van der Waals surface area contributed by atoms with Gasteiger partial charge < -0.3 is 4.57 Å². The average molecular weight is 389 g/mol. The summed E-state index contributed by atoms with van der Waals surface area (Å²) >= 11 is 6.70. The van der Waals surface area contributed by atoms with E-state index < -0.39 is 12.2 Å². The van der Waals surface area contributed by atoms with E-state index in [1.807, 2.05) is 0 Å². The minimum absolute atomic E-state index is 0.102. The van der Waals surface area contributed by atoms with Crippen LogP contribution < -0.4 is 5.56 Å². The molecule has 2 aromatic rings. The summed E-state index contributed by atoms with van der Waals surface area (Å²) in [7, 11) is 1.38. The normalized spacial score (nSPS) is 15.4. The number of halogens is 4. The standard InChI is InChI=1S/C17H16ClF3N2OS/c1-22(16(17(19,20)21)11-4-6-12(18)7-5-11)25-14-9-13-3-2-8-23(13)15(24)10-14/h4-7,9-10,16H,2-3,8H2,1H3. The van der Waals surface area contributed by atoms with E-state index >= 15 is 0 Å². The zero-order chi connectivity index (χ0) is 18.2. The summed E-state index contributed by atoms with van der Waals surface area (Å²) in [5.41, 5.74) is 0.809. The third-order valence-electron chi connectivity index (χ3n) is 4.11. The van der Waals surface area contributed by atoms with Crippen LogP contribution in [0.3, 0.4) is 0 Å². The van der Waals surface area contributed by atoms with E-state index in [9.17, 15) is 18.0 Å². The molecule has 0 N–H and O–H groups in total. The molecule has 8 heteroatoms. The van der Waals surface area contributed by atoms with Crippen molar-refractivity contribution in [2.75, 3.05) is 7.05 Å². The SMILES string of the molecule is CN(Sc1cc2n(c(=O)c1)CCC2)C(c1ccc(Cl)cc1)C(F)(F)F. The van der Waals surface area contributed by atoms with Crippen molar-refractivity contribution in [1.82, 2.24) is 8.87 Å². The van der Waals surface area contributed by atoms with Crippen LogP contribution >= 0.6 is 23.5 Å². The molecule has 0 amide bonds. The average Bonchev–Trinajstić information content (AvgIpc) is 2.97. The van der Waals surface area contributed by atoms with Crippen molar-refractivity contribution in [2.24, 2.45) is 0 Å². The Hall–Kier alpha value is -1.44. The van der Waals surface area contributed by atoms with E-state index in [1.54, 1.807) is 10.6 Å². The first kappa shape index (κ1) is 18.4. The first-order valence-electron chi connectivity index (χ1n) is 7.72. The molecule has 0 saturated heterocycles. The van der Waals surface area contributed by atoms with Crippen LogP contribution in [-0.2, 0) is 13.0 Å². The Kier molecular flexibility index (Phi) is 5.18. The van der Waals surface area contributed by atoms with Crippen molar-refractivity contribution in [1.29, 1.82) is 0 Å². The molecule has 2 heterocycles. The van der Waals surface area contributed by atoms with Crippen LogP contribution in [0.25, 0.3) is 0 Å². The fourth-order valence-electron chi connectivity index (χ4n) is 3.03. The number of hydrogen-bond donors (Lipinski definition) is 0. The van der Waals surface area contributed by atoms with E-state index in [0.29, 0.717) is 16.5 Å². The fourth-order valence-corrected chi connectivity index (χ4v) is 4.17. The lowest BCUT2D eigenvalue weighted by Crippen LogP contribution is -2.32. The lowest BCUT2D eigenvalue weighted by molar-refractivity contribution is -0.169. The predicted octanol–water partition coefficient (Wildman–Crippen LogP) is 4.69. The highest BCUT2D eigenvalue weighted by Gasteiger charge is 2.44. The lowest BCUT2D eigenvalue weighted by atomic mass is 10.1. The van der Waals surface area contributed by atoms with E-state index in [4.69, 9.17) is 11.6 Å². The molecule has 1 aliphatic heterocycles.